The maximum atomic E-state index is 11.1. The minimum Gasteiger partial charge on any atom is -0.478 e. The van der Waals surface area contributed by atoms with Crippen LogP contribution in [-0.4, -0.2) is 45.2 Å². The lowest BCUT2D eigenvalue weighted by atomic mass is 9.59. The van der Waals surface area contributed by atoms with E-state index in [9.17, 15) is 15.0 Å². The maximum Gasteiger partial charge on any atom is 0.328 e. The van der Waals surface area contributed by atoms with Crippen LogP contribution in [0.5, 0.6) is 0 Å². The number of allylic oxidation sites excluding steroid dienone is 2. The quantitative estimate of drug-likeness (QED) is 0.536. The summed E-state index contributed by atoms with van der Waals surface area (Å²) in [4.78, 5) is 10.6. The molecule has 0 aromatic carbocycles. The summed E-state index contributed by atoms with van der Waals surface area (Å²) in [5.41, 5.74) is -2.09. The Morgan fingerprint density at radius 3 is 2.55 bits per heavy atom. The first-order chi connectivity index (χ1) is 9.12. The zero-order valence-electron chi connectivity index (χ0n) is 12.1. The number of carboxylic acid groups (broad SMARTS) is 1. The fraction of sp³-hybridized carbons (Fsp3) is 0.667. The van der Waals surface area contributed by atoms with E-state index in [4.69, 9.17) is 9.84 Å². The van der Waals surface area contributed by atoms with Gasteiger partial charge in [0.1, 0.15) is 11.2 Å². The SMILES string of the molecule is CC(=C/C(=O)O)/C=C/[C@]1(O)[C@@]2(C)CO[C@@]1(C)C[C@H](O)C2. The molecular formula is C15H22O5. The second kappa shape index (κ2) is 4.69. The lowest BCUT2D eigenvalue weighted by Crippen LogP contribution is -2.60. The monoisotopic (exact) mass is 282 g/mol. The van der Waals surface area contributed by atoms with Crippen molar-refractivity contribution in [3.05, 3.63) is 23.8 Å². The van der Waals surface area contributed by atoms with Crippen LogP contribution in [0.25, 0.3) is 0 Å². The third kappa shape index (κ3) is 2.20. The van der Waals surface area contributed by atoms with Crippen LogP contribution in [-0.2, 0) is 9.53 Å². The van der Waals surface area contributed by atoms with Crippen LogP contribution in [0.4, 0.5) is 0 Å². The first-order valence-corrected chi connectivity index (χ1v) is 6.77. The number of hydrogen-bond acceptors (Lipinski definition) is 4. The minimum atomic E-state index is -1.22. The van der Waals surface area contributed by atoms with Crippen molar-refractivity contribution in [1.82, 2.24) is 0 Å². The predicted molar refractivity (Wildman–Crippen MR) is 73.2 cm³/mol. The van der Waals surface area contributed by atoms with Gasteiger partial charge in [-0.15, -0.1) is 0 Å². The Morgan fingerprint density at radius 1 is 1.35 bits per heavy atom. The van der Waals surface area contributed by atoms with Crippen LogP contribution in [0.3, 0.4) is 0 Å². The van der Waals surface area contributed by atoms with E-state index < -0.39 is 28.7 Å². The Bertz CT molecular complexity index is 461. The number of ether oxygens (including phenoxy) is 1. The topological polar surface area (TPSA) is 87.0 Å². The number of rotatable bonds is 3. The van der Waals surface area contributed by atoms with E-state index in [1.807, 2.05) is 6.92 Å². The molecule has 2 fully saturated rings. The summed E-state index contributed by atoms with van der Waals surface area (Å²) in [7, 11) is 0. The van der Waals surface area contributed by atoms with Gasteiger partial charge in [-0.2, -0.15) is 0 Å². The highest BCUT2D eigenvalue weighted by Crippen LogP contribution is 2.57. The molecule has 1 heterocycles. The van der Waals surface area contributed by atoms with Crippen molar-refractivity contribution in [2.24, 2.45) is 5.41 Å². The van der Waals surface area contributed by atoms with Crippen molar-refractivity contribution < 1.29 is 24.9 Å². The molecule has 1 saturated carbocycles. The van der Waals surface area contributed by atoms with Gasteiger partial charge in [0.15, 0.2) is 0 Å². The average Bonchev–Trinajstić information content (AvgIpc) is 2.43. The first kappa shape index (κ1) is 15.2. The molecule has 2 rings (SSSR count). The van der Waals surface area contributed by atoms with Gasteiger partial charge in [0, 0.05) is 17.9 Å². The van der Waals surface area contributed by atoms with Gasteiger partial charge in [0.2, 0.25) is 0 Å². The highest BCUT2D eigenvalue weighted by molar-refractivity contribution is 5.81. The molecule has 5 heteroatoms. The minimum absolute atomic E-state index is 0.366. The molecule has 0 amide bonds. The molecule has 1 aliphatic heterocycles. The van der Waals surface area contributed by atoms with Crippen molar-refractivity contribution in [1.29, 1.82) is 0 Å². The molecule has 0 radical (unpaired) electrons. The van der Waals surface area contributed by atoms with Crippen LogP contribution in [0.15, 0.2) is 23.8 Å². The smallest absolute Gasteiger partial charge is 0.328 e. The molecule has 0 spiro atoms. The maximum absolute atomic E-state index is 11.1. The third-order valence-electron chi connectivity index (χ3n) is 4.69. The molecule has 5 nitrogen and oxygen atoms in total. The van der Waals surface area contributed by atoms with Crippen LogP contribution in [0.2, 0.25) is 0 Å². The van der Waals surface area contributed by atoms with E-state index in [0.29, 0.717) is 25.0 Å². The van der Waals surface area contributed by atoms with Crippen LogP contribution in [0.1, 0.15) is 33.6 Å². The Kier molecular flexibility index (Phi) is 3.57. The summed E-state index contributed by atoms with van der Waals surface area (Å²) in [5, 5.41) is 29.7. The Labute approximate surface area is 118 Å². The van der Waals surface area contributed by atoms with Crippen molar-refractivity contribution in [2.75, 3.05) is 6.61 Å². The molecule has 2 aliphatic rings. The van der Waals surface area contributed by atoms with Gasteiger partial charge in [-0.1, -0.05) is 13.0 Å². The number of carboxylic acids is 1. The van der Waals surface area contributed by atoms with Crippen molar-refractivity contribution in [2.45, 2.75) is 50.9 Å². The summed E-state index contributed by atoms with van der Waals surface area (Å²) >= 11 is 0. The van der Waals surface area contributed by atoms with Gasteiger partial charge in [-0.3, -0.25) is 0 Å². The highest BCUT2D eigenvalue weighted by atomic mass is 16.5. The van der Waals surface area contributed by atoms with E-state index >= 15 is 0 Å². The summed E-state index contributed by atoms with van der Waals surface area (Å²) < 4.78 is 5.77. The van der Waals surface area contributed by atoms with Gasteiger partial charge < -0.3 is 20.1 Å². The molecule has 1 saturated heterocycles. The average molecular weight is 282 g/mol. The number of aliphatic hydroxyl groups excluding tert-OH is 1. The lowest BCUT2D eigenvalue weighted by molar-refractivity contribution is -0.150. The zero-order valence-corrected chi connectivity index (χ0v) is 12.1. The Balaban J connectivity index is 2.34. The molecule has 1 aliphatic carbocycles. The zero-order chi connectivity index (χ0) is 15.2. The fourth-order valence-electron chi connectivity index (χ4n) is 3.52. The van der Waals surface area contributed by atoms with Crippen molar-refractivity contribution in [3.8, 4) is 0 Å². The van der Waals surface area contributed by atoms with Gasteiger partial charge in [0.25, 0.3) is 0 Å². The first-order valence-electron chi connectivity index (χ1n) is 6.77. The van der Waals surface area contributed by atoms with Gasteiger partial charge >= 0.3 is 5.97 Å². The lowest BCUT2D eigenvalue weighted by Gasteiger charge is -2.49. The van der Waals surface area contributed by atoms with Crippen molar-refractivity contribution >= 4 is 5.97 Å². The molecule has 3 N–H and O–H groups in total. The Hall–Kier alpha value is -1.17. The van der Waals surface area contributed by atoms with E-state index in [2.05, 4.69) is 0 Å². The highest BCUT2D eigenvalue weighted by Gasteiger charge is 2.67. The second-order valence-corrected chi connectivity index (χ2v) is 6.47. The van der Waals surface area contributed by atoms with E-state index in [1.54, 1.807) is 26.0 Å². The molecule has 0 unspecified atom stereocenters. The van der Waals surface area contributed by atoms with Gasteiger partial charge in [-0.05, 0) is 31.9 Å². The summed E-state index contributed by atoms with van der Waals surface area (Å²) in [5.74, 6) is -1.02. The van der Waals surface area contributed by atoms with E-state index in [1.165, 1.54) is 0 Å². The number of carbonyl (C=O) groups is 1. The normalized spacial score (nSPS) is 45.0. The van der Waals surface area contributed by atoms with Crippen LogP contribution in [0, 0.1) is 5.41 Å². The van der Waals surface area contributed by atoms with Crippen LogP contribution < -0.4 is 0 Å². The largest absolute Gasteiger partial charge is 0.478 e. The van der Waals surface area contributed by atoms with Gasteiger partial charge in [-0.25, -0.2) is 4.79 Å². The van der Waals surface area contributed by atoms with E-state index in [-0.39, 0.29) is 0 Å². The fourth-order valence-corrected chi connectivity index (χ4v) is 3.52. The molecule has 4 atom stereocenters. The molecule has 20 heavy (non-hydrogen) atoms. The number of hydrogen-bond donors (Lipinski definition) is 3. The summed E-state index contributed by atoms with van der Waals surface area (Å²) in [6, 6.07) is 0. The number of fused-ring (bicyclic) bond motifs is 2. The summed E-state index contributed by atoms with van der Waals surface area (Å²) in [6.07, 6.45) is 4.66. The van der Waals surface area contributed by atoms with Crippen LogP contribution >= 0.6 is 0 Å². The molecular weight excluding hydrogens is 260 g/mol. The predicted octanol–water partition coefficient (Wildman–Crippen LogP) is 1.25. The Morgan fingerprint density at radius 2 is 2.00 bits per heavy atom. The van der Waals surface area contributed by atoms with E-state index in [0.717, 1.165) is 6.08 Å². The summed E-state index contributed by atoms with van der Waals surface area (Å²) in [6.45, 7) is 5.73. The number of aliphatic carboxylic acids is 1. The van der Waals surface area contributed by atoms with Crippen molar-refractivity contribution in [3.63, 3.8) is 0 Å². The number of aliphatic hydroxyl groups is 2. The molecule has 2 bridgehead atoms. The molecule has 112 valence electrons. The molecule has 0 aromatic heterocycles. The molecule has 0 aromatic rings. The standard InChI is InChI=1S/C15H22O5/c1-10(6-12(17)18)4-5-15(19)13(2)7-11(16)8-14(15,3)20-9-13/h4-6,11,16,19H,7-9H2,1-3H3,(H,17,18)/b5-4+,10-6-/t11-,13-,14+,15+/m1/s1. The van der Waals surface area contributed by atoms with Gasteiger partial charge in [0.05, 0.1) is 12.7 Å². The second-order valence-electron chi connectivity index (χ2n) is 6.47. The third-order valence-corrected chi connectivity index (χ3v) is 4.69.